The minimum absolute atomic E-state index is 0.0208. The third-order valence-corrected chi connectivity index (χ3v) is 7.78. The normalized spacial score (nSPS) is 35.9. The topological polar surface area (TPSA) is 58.6 Å². The van der Waals surface area contributed by atoms with Crippen LogP contribution in [0, 0.1) is 29.6 Å². The van der Waals surface area contributed by atoms with Crippen LogP contribution in [0.4, 0.5) is 0 Å². The number of nitrogens with one attached hydrogen (secondary N) is 1. The summed E-state index contributed by atoms with van der Waals surface area (Å²) in [7, 11) is 0. The number of rotatable bonds is 5. The number of aliphatic hydroxyl groups excluding tert-OH is 1. The Kier molecular flexibility index (Phi) is 6.47. The number of carbonyl (C=O) groups is 1. The van der Waals surface area contributed by atoms with E-state index in [1.807, 2.05) is 18.2 Å². The summed E-state index contributed by atoms with van der Waals surface area (Å²) in [5.74, 6) is 2.18. The number of fused-ring (bicyclic) bond motifs is 1. The molecule has 0 radical (unpaired) electrons. The van der Waals surface area contributed by atoms with Crippen LogP contribution in [-0.2, 0) is 9.53 Å². The lowest BCUT2D eigenvalue weighted by Gasteiger charge is -2.47. The van der Waals surface area contributed by atoms with Gasteiger partial charge in [0.05, 0.1) is 6.61 Å². The van der Waals surface area contributed by atoms with Crippen LogP contribution >= 0.6 is 23.2 Å². The molecule has 1 saturated heterocycles. The Morgan fingerprint density at radius 2 is 1.90 bits per heavy atom. The molecule has 4 rings (SSSR count). The summed E-state index contributed by atoms with van der Waals surface area (Å²) in [4.78, 5) is 12.7. The highest BCUT2D eigenvalue weighted by molar-refractivity contribution is 6.30. The summed E-state index contributed by atoms with van der Waals surface area (Å²) < 4.78 is 5.57. The van der Waals surface area contributed by atoms with Crippen molar-refractivity contribution in [2.45, 2.75) is 38.6 Å². The van der Waals surface area contributed by atoms with E-state index >= 15 is 0 Å². The zero-order valence-corrected chi connectivity index (χ0v) is 18.9. The van der Waals surface area contributed by atoms with Crippen molar-refractivity contribution in [2.75, 3.05) is 13.2 Å². The highest BCUT2D eigenvalue weighted by Crippen LogP contribution is 2.56. The lowest BCUT2D eigenvalue weighted by molar-refractivity contribution is -0.126. The van der Waals surface area contributed by atoms with Gasteiger partial charge in [0.2, 0.25) is 5.91 Å². The summed E-state index contributed by atoms with van der Waals surface area (Å²) in [6.07, 6.45) is 5.71. The predicted octanol–water partition coefficient (Wildman–Crippen LogP) is 4.87. The van der Waals surface area contributed by atoms with Gasteiger partial charge in [0.1, 0.15) is 12.4 Å². The standard InChI is InChI=1S/C24H29Cl2NO3/c1-13-11-19(18-8-7-17(12-20(18)26)30-10-9-28)23(15-3-5-16(25)6-4-15)22-14(2)27-24(29)21(13)22/h3-7,12-14,18-19,21-23,28H,8-11H2,1-2H3,(H,27,29)/t13-,14-,18?,19+,21-,22-,23+/m1/s1. The molecule has 1 aromatic carbocycles. The highest BCUT2D eigenvalue weighted by atomic mass is 35.5. The van der Waals surface area contributed by atoms with E-state index < -0.39 is 0 Å². The van der Waals surface area contributed by atoms with E-state index in [1.54, 1.807) is 0 Å². The number of carbonyl (C=O) groups excluding carboxylic acids is 1. The van der Waals surface area contributed by atoms with E-state index in [0.717, 1.165) is 23.6 Å². The largest absolute Gasteiger partial charge is 0.491 e. The highest BCUT2D eigenvalue weighted by Gasteiger charge is 2.54. The molecule has 30 heavy (non-hydrogen) atoms. The van der Waals surface area contributed by atoms with E-state index in [1.165, 1.54) is 5.56 Å². The van der Waals surface area contributed by atoms with E-state index in [0.29, 0.717) is 16.9 Å². The average Bonchev–Trinajstić information content (AvgIpc) is 3.02. The van der Waals surface area contributed by atoms with Crippen LogP contribution < -0.4 is 5.32 Å². The minimum Gasteiger partial charge on any atom is -0.491 e. The first-order chi connectivity index (χ1) is 14.4. The van der Waals surface area contributed by atoms with Crippen LogP contribution in [0.25, 0.3) is 0 Å². The third kappa shape index (κ3) is 4.02. The Balaban J connectivity index is 1.69. The lowest BCUT2D eigenvalue weighted by atomic mass is 9.56. The second-order valence-corrected chi connectivity index (χ2v) is 9.78. The molecule has 1 unspecified atom stereocenters. The molecule has 3 aliphatic rings. The van der Waals surface area contributed by atoms with Crippen molar-refractivity contribution in [1.82, 2.24) is 5.32 Å². The number of hydrogen-bond acceptors (Lipinski definition) is 3. The van der Waals surface area contributed by atoms with E-state index in [4.69, 9.17) is 33.0 Å². The van der Waals surface area contributed by atoms with Crippen molar-refractivity contribution >= 4 is 29.1 Å². The fraction of sp³-hybridized carbons (Fsp3) is 0.542. The van der Waals surface area contributed by atoms with Crippen molar-refractivity contribution < 1.29 is 14.6 Å². The second-order valence-electron chi connectivity index (χ2n) is 8.90. The quantitative estimate of drug-likeness (QED) is 0.673. The molecular weight excluding hydrogens is 421 g/mol. The van der Waals surface area contributed by atoms with Gasteiger partial charge in [-0.25, -0.2) is 0 Å². The zero-order chi connectivity index (χ0) is 21.4. The lowest BCUT2D eigenvalue weighted by Crippen LogP contribution is -2.43. The summed E-state index contributed by atoms with van der Waals surface area (Å²) in [6, 6.07) is 8.21. The molecule has 162 valence electrons. The molecular formula is C24H29Cl2NO3. The van der Waals surface area contributed by atoms with Gasteiger partial charge in [-0.1, -0.05) is 42.3 Å². The van der Waals surface area contributed by atoms with Crippen molar-refractivity contribution in [3.8, 4) is 0 Å². The predicted molar refractivity (Wildman–Crippen MR) is 119 cm³/mol. The Morgan fingerprint density at radius 3 is 2.57 bits per heavy atom. The van der Waals surface area contributed by atoms with Crippen LogP contribution in [0.3, 0.4) is 0 Å². The number of hydrogen-bond donors (Lipinski definition) is 2. The molecule has 2 fully saturated rings. The van der Waals surface area contributed by atoms with Crippen molar-refractivity contribution in [3.63, 3.8) is 0 Å². The summed E-state index contributed by atoms with van der Waals surface area (Å²) >= 11 is 13.0. The molecule has 1 aromatic rings. The first kappa shape index (κ1) is 21.7. The monoisotopic (exact) mass is 449 g/mol. The maximum Gasteiger partial charge on any atom is 0.223 e. The van der Waals surface area contributed by atoms with Crippen molar-refractivity contribution in [3.05, 3.63) is 57.8 Å². The van der Waals surface area contributed by atoms with Gasteiger partial charge in [0.25, 0.3) is 0 Å². The first-order valence-corrected chi connectivity index (χ1v) is 11.5. The van der Waals surface area contributed by atoms with E-state index in [-0.39, 0.29) is 48.8 Å². The SMILES string of the molecule is C[C@@H]1C[C@@H](C2CC=C(OCCO)C=C2Cl)[C@H](c2ccc(Cl)cc2)[C@H]2[C@@H]1C(=O)N[C@@H]2C. The summed E-state index contributed by atoms with van der Waals surface area (Å²) in [5.41, 5.74) is 1.23. The smallest absolute Gasteiger partial charge is 0.223 e. The zero-order valence-electron chi connectivity index (χ0n) is 17.4. The summed E-state index contributed by atoms with van der Waals surface area (Å²) in [6.45, 7) is 4.57. The van der Waals surface area contributed by atoms with Gasteiger partial charge in [0.15, 0.2) is 0 Å². The van der Waals surface area contributed by atoms with Gasteiger partial charge < -0.3 is 15.2 Å². The number of benzene rings is 1. The molecule has 2 N–H and O–H groups in total. The fourth-order valence-electron chi connectivity index (χ4n) is 5.95. The molecule has 2 aliphatic carbocycles. The number of aliphatic hydroxyl groups is 1. The Bertz CT molecular complexity index is 851. The van der Waals surface area contributed by atoms with Gasteiger partial charge in [-0.15, -0.1) is 0 Å². The van der Waals surface area contributed by atoms with Crippen molar-refractivity contribution in [2.24, 2.45) is 29.6 Å². The first-order valence-electron chi connectivity index (χ1n) is 10.8. The molecule has 6 heteroatoms. The Hall–Kier alpha value is -1.49. The van der Waals surface area contributed by atoms with Crippen LogP contribution in [0.1, 0.15) is 38.2 Å². The molecule has 4 nitrogen and oxygen atoms in total. The second kappa shape index (κ2) is 8.94. The van der Waals surface area contributed by atoms with Crippen LogP contribution in [-0.4, -0.2) is 30.3 Å². The van der Waals surface area contributed by atoms with E-state index in [2.05, 4.69) is 37.4 Å². The number of amides is 1. The molecule has 0 aromatic heterocycles. The van der Waals surface area contributed by atoms with E-state index in [9.17, 15) is 4.79 Å². The molecule has 1 amide bonds. The minimum atomic E-state index is -0.0208. The Labute approximate surface area is 188 Å². The van der Waals surface area contributed by atoms with Gasteiger partial charge in [-0.05, 0) is 73.3 Å². The van der Waals surface area contributed by atoms with Gasteiger partial charge in [-0.3, -0.25) is 4.79 Å². The summed E-state index contributed by atoms with van der Waals surface area (Å²) in [5, 5.41) is 13.7. The molecule has 1 heterocycles. The number of halogens is 2. The molecule has 0 spiro atoms. The van der Waals surface area contributed by atoms with Crippen LogP contribution in [0.2, 0.25) is 5.02 Å². The number of ether oxygens (including phenoxy) is 1. The average molecular weight is 450 g/mol. The molecule has 0 bridgehead atoms. The fourth-order valence-corrected chi connectivity index (χ4v) is 6.44. The van der Waals surface area contributed by atoms with Gasteiger partial charge >= 0.3 is 0 Å². The van der Waals surface area contributed by atoms with Gasteiger partial charge in [-0.2, -0.15) is 0 Å². The maximum atomic E-state index is 12.7. The third-order valence-electron chi connectivity index (χ3n) is 7.14. The van der Waals surface area contributed by atoms with Crippen LogP contribution in [0.5, 0.6) is 0 Å². The van der Waals surface area contributed by atoms with Crippen molar-refractivity contribution in [1.29, 1.82) is 0 Å². The maximum absolute atomic E-state index is 12.7. The molecule has 1 saturated carbocycles. The molecule has 7 atom stereocenters. The van der Waals surface area contributed by atoms with Crippen LogP contribution in [0.15, 0.2) is 47.2 Å². The van der Waals surface area contributed by atoms with Gasteiger partial charge in [0, 0.05) is 27.9 Å². The number of allylic oxidation sites excluding steroid dienone is 3. The molecule has 1 aliphatic heterocycles. The Morgan fingerprint density at radius 1 is 1.17 bits per heavy atom.